The molecule has 0 amide bonds. The zero-order chi connectivity index (χ0) is 20.7. The number of hydrogen-bond donors (Lipinski definition) is 0. The molecule has 6 heteroatoms. The van der Waals surface area contributed by atoms with Crippen molar-refractivity contribution >= 4 is 23.3 Å². The molecule has 0 unspecified atom stereocenters. The molecular formula is C23H27NO5. The third-order valence-electron chi connectivity index (χ3n) is 9.66. The predicted octanol–water partition coefficient (Wildman–Crippen LogP) is 1.57. The second-order valence-corrected chi connectivity index (χ2v) is 11.0. The number of rotatable bonds is 1. The number of nitrogens with zero attached hydrogens (tertiary/aromatic N) is 1. The van der Waals surface area contributed by atoms with Gasteiger partial charge in [0, 0.05) is 42.7 Å². The molecule has 1 heterocycles. The van der Waals surface area contributed by atoms with E-state index in [1.165, 1.54) is 6.92 Å². The fourth-order valence-corrected chi connectivity index (χ4v) is 9.62. The Morgan fingerprint density at radius 1 is 1.24 bits per heavy atom. The standard InChI is InChI=1S/C23H27NO5/c1-10-6-22-14-5-13(10)16(26)15(22)19-23(14)8-12(29-11(2)25)7-21(3,9-24(19)4)18(23)17(27)20(22)28/h12-15,18-19H,1,5-9H2,2-4H3/t12-,13-,14+,15+,18+,19+,21-,22+,23+/m0/s1. The molecule has 1 saturated heterocycles. The van der Waals surface area contributed by atoms with Gasteiger partial charge in [0.15, 0.2) is 0 Å². The van der Waals surface area contributed by atoms with E-state index >= 15 is 0 Å². The largest absolute Gasteiger partial charge is 0.463 e. The topological polar surface area (TPSA) is 80.8 Å². The number of likely N-dealkylation sites (tertiary alicyclic amines) is 1. The van der Waals surface area contributed by atoms with Gasteiger partial charge in [0.05, 0.1) is 5.41 Å². The van der Waals surface area contributed by atoms with E-state index in [-0.39, 0.29) is 53.2 Å². The van der Waals surface area contributed by atoms with Crippen molar-refractivity contribution in [2.24, 2.45) is 39.9 Å². The van der Waals surface area contributed by atoms with Crippen molar-refractivity contribution < 1.29 is 23.9 Å². The lowest BCUT2D eigenvalue weighted by molar-refractivity contribution is -0.207. The van der Waals surface area contributed by atoms with Crippen LogP contribution in [-0.2, 0) is 23.9 Å². The Morgan fingerprint density at radius 2 is 1.97 bits per heavy atom. The molecule has 7 fully saturated rings. The van der Waals surface area contributed by atoms with Gasteiger partial charge in [0.2, 0.25) is 11.6 Å². The highest BCUT2D eigenvalue weighted by Gasteiger charge is 2.86. The first-order valence-corrected chi connectivity index (χ1v) is 10.8. The fourth-order valence-electron chi connectivity index (χ4n) is 9.62. The average Bonchev–Trinajstić information content (AvgIpc) is 2.74. The highest BCUT2D eigenvalue weighted by atomic mass is 16.5. The summed E-state index contributed by atoms with van der Waals surface area (Å²) in [5, 5.41) is 0. The summed E-state index contributed by atoms with van der Waals surface area (Å²) in [6, 6.07) is -0.134. The SMILES string of the molecule is C=C1C[C@@]23C(=O)C(=O)[C@@H]4[C@@]5(C)C[C@H](OC(C)=O)C[C@@]46[C@@H]2C[C@@H]1C(=O)[C@@H]3[C@H]6N(C)C5. The second kappa shape index (κ2) is 4.90. The first-order valence-electron chi connectivity index (χ1n) is 10.8. The van der Waals surface area contributed by atoms with E-state index in [4.69, 9.17) is 4.74 Å². The number of ether oxygens (including phenoxy) is 1. The van der Waals surface area contributed by atoms with E-state index in [0.29, 0.717) is 32.2 Å². The van der Waals surface area contributed by atoms with Gasteiger partial charge in [0.1, 0.15) is 11.9 Å². The number of fused-ring (bicyclic) bond motifs is 1. The van der Waals surface area contributed by atoms with Crippen LogP contribution in [0.15, 0.2) is 12.2 Å². The average molecular weight is 397 g/mol. The van der Waals surface area contributed by atoms with Crippen molar-refractivity contribution in [3.05, 3.63) is 12.2 Å². The Kier molecular flexibility index (Phi) is 3.04. The third kappa shape index (κ3) is 1.65. The molecule has 0 aromatic rings. The van der Waals surface area contributed by atoms with Crippen LogP contribution < -0.4 is 0 Å². The molecule has 6 aliphatic carbocycles. The first-order chi connectivity index (χ1) is 13.6. The maximum absolute atomic E-state index is 13.7. The maximum Gasteiger partial charge on any atom is 0.302 e. The number of allylic oxidation sites excluding steroid dienone is 1. The van der Waals surface area contributed by atoms with Gasteiger partial charge in [-0.1, -0.05) is 19.1 Å². The lowest BCUT2D eigenvalue weighted by Crippen LogP contribution is -2.72. The third-order valence-corrected chi connectivity index (χ3v) is 9.66. The first kappa shape index (κ1) is 18.0. The van der Waals surface area contributed by atoms with Crippen molar-refractivity contribution in [3.8, 4) is 0 Å². The summed E-state index contributed by atoms with van der Waals surface area (Å²) >= 11 is 0. The molecule has 0 aromatic carbocycles. The number of carbonyl (C=O) groups excluding carboxylic acids is 4. The van der Waals surface area contributed by atoms with Crippen LogP contribution in [-0.4, -0.2) is 54.0 Å². The smallest absolute Gasteiger partial charge is 0.302 e. The predicted molar refractivity (Wildman–Crippen MR) is 102 cm³/mol. The Morgan fingerprint density at radius 3 is 2.66 bits per heavy atom. The van der Waals surface area contributed by atoms with Gasteiger partial charge in [-0.2, -0.15) is 0 Å². The van der Waals surface area contributed by atoms with Crippen LogP contribution >= 0.6 is 0 Å². The number of ketones is 3. The van der Waals surface area contributed by atoms with Gasteiger partial charge in [0.25, 0.3) is 0 Å². The molecule has 0 radical (unpaired) electrons. The lowest BCUT2D eigenvalue weighted by atomic mass is 9.39. The van der Waals surface area contributed by atoms with Crippen molar-refractivity contribution in [1.82, 2.24) is 4.90 Å². The lowest BCUT2D eigenvalue weighted by Gasteiger charge is -2.66. The molecule has 0 N–H and O–H groups in total. The zero-order valence-corrected chi connectivity index (χ0v) is 17.2. The Balaban J connectivity index is 1.63. The molecule has 154 valence electrons. The fraction of sp³-hybridized carbons (Fsp3) is 0.739. The molecule has 1 aliphatic heterocycles. The van der Waals surface area contributed by atoms with Crippen molar-refractivity contribution in [2.45, 2.75) is 51.7 Å². The van der Waals surface area contributed by atoms with Gasteiger partial charge in [-0.15, -0.1) is 0 Å². The molecule has 6 saturated carbocycles. The van der Waals surface area contributed by atoms with Crippen molar-refractivity contribution in [2.75, 3.05) is 13.6 Å². The van der Waals surface area contributed by atoms with E-state index in [9.17, 15) is 19.2 Å². The maximum atomic E-state index is 13.7. The summed E-state index contributed by atoms with van der Waals surface area (Å²) in [5.41, 5.74) is -0.996. The van der Waals surface area contributed by atoms with Gasteiger partial charge >= 0.3 is 5.97 Å². The minimum Gasteiger partial charge on any atom is -0.463 e. The molecule has 29 heavy (non-hydrogen) atoms. The zero-order valence-electron chi connectivity index (χ0n) is 17.2. The van der Waals surface area contributed by atoms with Crippen LogP contribution in [0.1, 0.15) is 39.5 Å². The molecule has 0 aromatic heterocycles. The molecule has 7 rings (SSSR count). The summed E-state index contributed by atoms with van der Waals surface area (Å²) < 4.78 is 5.72. The summed E-state index contributed by atoms with van der Waals surface area (Å²) in [7, 11) is 2.05. The van der Waals surface area contributed by atoms with Gasteiger partial charge < -0.3 is 9.64 Å². The Bertz CT molecular complexity index is 940. The van der Waals surface area contributed by atoms with Crippen molar-refractivity contribution in [1.29, 1.82) is 0 Å². The monoisotopic (exact) mass is 397 g/mol. The minimum absolute atomic E-state index is 0.00571. The molecule has 6 bridgehead atoms. The molecule has 9 atom stereocenters. The summed E-state index contributed by atoms with van der Waals surface area (Å²) in [5.74, 6) is -1.78. The van der Waals surface area contributed by atoms with Crippen LogP contribution in [0.5, 0.6) is 0 Å². The highest BCUT2D eigenvalue weighted by molar-refractivity contribution is 6.42. The summed E-state index contributed by atoms with van der Waals surface area (Å²) in [6.07, 6.45) is 1.99. The summed E-state index contributed by atoms with van der Waals surface area (Å²) in [6.45, 7) is 8.27. The van der Waals surface area contributed by atoms with Gasteiger partial charge in [-0.3, -0.25) is 19.2 Å². The molecule has 6 nitrogen and oxygen atoms in total. The van der Waals surface area contributed by atoms with Crippen LogP contribution in [0.3, 0.4) is 0 Å². The molecular weight excluding hydrogens is 370 g/mol. The van der Waals surface area contributed by atoms with Gasteiger partial charge in [-0.05, 0) is 44.1 Å². The minimum atomic E-state index is -0.918. The normalized spacial score (nSPS) is 54.7. The number of Topliss-reactive ketones (excluding diaryl/α,β-unsaturated/α-hetero) is 3. The Labute approximate surface area is 170 Å². The highest BCUT2D eigenvalue weighted by Crippen LogP contribution is 2.80. The van der Waals surface area contributed by atoms with E-state index in [1.54, 1.807) is 0 Å². The second-order valence-electron chi connectivity index (χ2n) is 11.0. The summed E-state index contributed by atoms with van der Waals surface area (Å²) in [4.78, 5) is 55.0. The Hall–Kier alpha value is -1.82. The van der Waals surface area contributed by atoms with E-state index in [1.807, 2.05) is 7.05 Å². The van der Waals surface area contributed by atoms with E-state index in [0.717, 1.165) is 5.57 Å². The number of carbonyl (C=O) groups is 4. The van der Waals surface area contributed by atoms with Crippen molar-refractivity contribution in [3.63, 3.8) is 0 Å². The molecule has 2 spiro atoms. The number of esters is 1. The van der Waals surface area contributed by atoms with Crippen LogP contribution in [0.4, 0.5) is 0 Å². The van der Waals surface area contributed by atoms with Crippen LogP contribution in [0, 0.1) is 39.9 Å². The number of hydrogen-bond acceptors (Lipinski definition) is 6. The van der Waals surface area contributed by atoms with Crippen LogP contribution in [0.2, 0.25) is 0 Å². The number of piperidine rings is 1. The van der Waals surface area contributed by atoms with Gasteiger partial charge in [-0.25, -0.2) is 0 Å². The molecule has 7 aliphatic rings. The van der Waals surface area contributed by atoms with E-state index in [2.05, 4.69) is 18.4 Å². The van der Waals surface area contributed by atoms with Crippen LogP contribution in [0.25, 0.3) is 0 Å². The van der Waals surface area contributed by atoms with E-state index < -0.39 is 22.2 Å². The quantitative estimate of drug-likeness (QED) is 0.380.